The first-order valence-corrected chi connectivity index (χ1v) is 5.34. The van der Waals surface area contributed by atoms with Crippen LogP contribution in [0.4, 0.5) is 0 Å². The van der Waals surface area contributed by atoms with Crippen LogP contribution in [0.3, 0.4) is 0 Å². The molecule has 0 saturated carbocycles. The predicted molar refractivity (Wildman–Crippen MR) is 62.5 cm³/mol. The van der Waals surface area contributed by atoms with Crippen LogP contribution in [-0.4, -0.2) is 27.1 Å². The van der Waals surface area contributed by atoms with Crippen LogP contribution in [0.1, 0.15) is 24.4 Å². The van der Waals surface area contributed by atoms with Gasteiger partial charge in [0.2, 0.25) is 5.88 Å². The van der Waals surface area contributed by atoms with Gasteiger partial charge in [0.05, 0.1) is 31.2 Å². The summed E-state index contributed by atoms with van der Waals surface area (Å²) in [4.78, 5) is 4.30. The zero-order valence-corrected chi connectivity index (χ0v) is 9.87. The van der Waals surface area contributed by atoms with E-state index in [1.807, 2.05) is 25.3 Å². The number of aromatic nitrogens is 4. The second kappa shape index (κ2) is 4.92. The smallest absolute Gasteiger partial charge is 0.213 e. The van der Waals surface area contributed by atoms with Crippen molar-refractivity contribution in [3.05, 3.63) is 35.8 Å². The summed E-state index contributed by atoms with van der Waals surface area (Å²) in [5.41, 5.74) is 7.35. The van der Waals surface area contributed by atoms with Crippen molar-refractivity contribution >= 4 is 0 Å². The highest BCUT2D eigenvalue weighted by atomic mass is 16.5. The number of hydrogen-bond acceptors (Lipinski definition) is 5. The van der Waals surface area contributed by atoms with Gasteiger partial charge in [0.1, 0.15) is 0 Å². The lowest BCUT2D eigenvalue weighted by Gasteiger charge is -2.02. The third kappa shape index (κ3) is 2.79. The topological polar surface area (TPSA) is 78.9 Å². The maximum Gasteiger partial charge on any atom is 0.213 e. The largest absolute Gasteiger partial charge is 0.481 e. The Morgan fingerprint density at radius 1 is 1.47 bits per heavy atom. The maximum atomic E-state index is 5.71. The van der Waals surface area contributed by atoms with Crippen LogP contribution in [0, 0.1) is 0 Å². The van der Waals surface area contributed by atoms with Gasteiger partial charge in [-0.05, 0) is 13.0 Å². The standard InChI is InChI=1S/C11H15N5O/c1-8(12)10-7-16(15-14-10)6-9-4-3-5-11(13-9)17-2/h3-5,7-8H,6,12H2,1-2H3. The van der Waals surface area contributed by atoms with Gasteiger partial charge in [0, 0.05) is 12.1 Å². The minimum atomic E-state index is -0.109. The first kappa shape index (κ1) is 11.5. The molecule has 0 fully saturated rings. The number of ether oxygens (including phenoxy) is 1. The Hall–Kier alpha value is -1.95. The van der Waals surface area contributed by atoms with E-state index in [4.69, 9.17) is 10.5 Å². The van der Waals surface area contributed by atoms with Gasteiger partial charge in [-0.1, -0.05) is 11.3 Å². The van der Waals surface area contributed by atoms with Crippen LogP contribution in [0.5, 0.6) is 5.88 Å². The number of nitrogens with zero attached hydrogens (tertiary/aromatic N) is 4. The van der Waals surface area contributed by atoms with Gasteiger partial charge in [0.15, 0.2) is 0 Å². The Bertz CT molecular complexity index is 494. The van der Waals surface area contributed by atoms with Gasteiger partial charge < -0.3 is 10.5 Å². The van der Waals surface area contributed by atoms with E-state index in [-0.39, 0.29) is 6.04 Å². The van der Waals surface area contributed by atoms with Crippen molar-refractivity contribution in [3.8, 4) is 5.88 Å². The molecular weight excluding hydrogens is 218 g/mol. The number of pyridine rings is 1. The van der Waals surface area contributed by atoms with Gasteiger partial charge in [0.25, 0.3) is 0 Å². The fraction of sp³-hybridized carbons (Fsp3) is 0.364. The molecule has 0 amide bonds. The molecule has 0 aliphatic rings. The van der Waals surface area contributed by atoms with E-state index in [9.17, 15) is 0 Å². The minimum Gasteiger partial charge on any atom is -0.481 e. The van der Waals surface area contributed by atoms with Crippen molar-refractivity contribution in [2.45, 2.75) is 19.5 Å². The molecule has 2 aromatic rings. The maximum absolute atomic E-state index is 5.71. The molecule has 0 aromatic carbocycles. The SMILES string of the molecule is COc1cccc(Cn2cc(C(C)N)nn2)n1. The fourth-order valence-electron chi connectivity index (χ4n) is 1.42. The monoisotopic (exact) mass is 233 g/mol. The molecule has 0 bridgehead atoms. The summed E-state index contributed by atoms with van der Waals surface area (Å²) in [6.45, 7) is 2.43. The van der Waals surface area contributed by atoms with E-state index in [2.05, 4.69) is 15.3 Å². The molecule has 6 heteroatoms. The zero-order chi connectivity index (χ0) is 12.3. The lowest BCUT2D eigenvalue weighted by atomic mass is 10.3. The first-order chi connectivity index (χ1) is 8.19. The average Bonchev–Trinajstić information content (AvgIpc) is 2.78. The highest BCUT2D eigenvalue weighted by molar-refractivity contribution is 5.15. The lowest BCUT2D eigenvalue weighted by molar-refractivity contribution is 0.395. The summed E-state index contributed by atoms with van der Waals surface area (Å²) in [5.74, 6) is 0.593. The summed E-state index contributed by atoms with van der Waals surface area (Å²) in [7, 11) is 1.59. The molecule has 1 unspecified atom stereocenters. The molecule has 0 aliphatic heterocycles. The number of methoxy groups -OCH3 is 1. The van der Waals surface area contributed by atoms with Crippen LogP contribution < -0.4 is 10.5 Å². The Balaban J connectivity index is 2.13. The van der Waals surface area contributed by atoms with Gasteiger partial charge in [-0.15, -0.1) is 5.10 Å². The van der Waals surface area contributed by atoms with E-state index >= 15 is 0 Å². The van der Waals surface area contributed by atoms with E-state index < -0.39 is 0 Å². The third-order valence-electron chi connectivity index (χ3n) is 2.34. The van der Waals surface area contributed by atoms with Crippen molar-refractivity contribution in [2.75, 3.05) is 7.11 Å². The van der Waals surface area contributed by atoms with Gasteiger partial charge >= 0.3 is 0 Å². The van der Waals surface area contributed by atoms with Crippen molar-refractivity contribution in [2.24, 2.45) is 5.73 Å². The van der Waals surface area contributed by atoms with Crippen LogP contribution in [0.2, 0.25) is 0 Å². The Kier molecular flexibility index (Phi) is 3.34. The molecule has 1 atom stereocenters. The van der Waals surface area contributed by atoms with E-state index in [0.29, 0.717) is 12.4 Å². The van der Waals surface area contributed by atoms with Crippen molar-refractivity contribution in [1.82, 2.24) is 20.0 Å². The summed E-state index contributed by atoms with van der Waals surface area (Å²) in [5, 5.41) is 7.98. The van der Waals surface area contributed by atoms with E-state index in [0.717, 1.165) is 11.4 Å². The Morgan fingerprint density at radius 2 is 2.29 bits per heavy atom. The minimum absolute atomic E-state index is 0.109. The summed E-state index contributed by atoms with van der Waals surface area (Å²) in [6, 6.07) is 5.50. The van der Waals surface area contributed by atoms with Crippen LogP contribution in [-0.2, 0) is 6.54 Å². The molecule has 90 valence electrons. The van der Waals surface area contributed by atoms with Crippen LogP contribution in [0.15, 0.2) is 24.4 Å². The van der Waals surface area contributed by atoms with E-state index in [1.54, 1.807) is 17.9 Å². The second-order valence-electron chi connectivity index (χ2n) is 3.80. The fourth-order valence-corrected chi connectivity index (χ4v) is 1.42. The molecule has 0 radical (unpaired) electrons. The highest BCUT2D eigenvalue weighted by Gasteiger charge is 2.06. The molecule has 2 aromatic heterocycles. The van der Waals surface area contributed by atoms with Gasteiger partial charge in [-0.3, -0.25) is 0 Å². The molecule has 6 nitrogen and oxygen atoms in total. The zero-order valence-electron chi connectivity index (χ0n) is 9.87. The van der Waals surface area contributed by atoms with Crippen molar-refractivity contribution < 1.29 is 4.74 Å². The summed E-state index contributed by atoms with van der Waals surface area (Å²) in [6.07, 6.45) is 1.83. The molecule has 0 saturated heterocycles. The lowest BCUT2D eigenvalue weighted by Crippen LogP contribution is -2.05. The first-order valence-electron chi connectivity index (χ1n) is 5.34. The second-order valence-corrected chi connectivity index (χ2v) is 3.80. The quantitative estimate of drug-likeness (QED) is 0.843. The molecule has 17 heavy (non-hydrogen) atoms. The molecule has 2 heterocycles. The average molecular weight is 233 g/mol. The van der Waals surface area contributed by atoms with E-state index in [1.165, 1.54) is 0 Å². The molecule has 0 spiro atoms. The molecular formula is C11H15N5O. The summed E-state index contributed by atoms with van der Waals surface area (Å²) >= 11 is 0. The predicted octanol–water partition coefficient (Wildman–Crippen LogP) is 0.750. The molecule has 2 rings (SSSR count). The molecule has 0 aliphatic carbocycles. The third-order valence-corrected chi connectivity index (χ3v) is 2.34. The highest BCUT2D eigenvalue weighted by Crippen LogP contribution is 2.09. The number of rotatable bonds is 4. The van der Waals surface area contributed by atoms with Crippen molar-refractivity contribution in [1.29, 1.82) is 0 Å². The summed E-state index contributed by atoms with van der Waals surface area (Å²) < 4.78 is 6.77. The molecule has 2 N–H and O–H groups in total. The number of hydrogen-bond donors (Lipinski definition) is 1. The normalized spacial score (nSPS) is 12.4. The Labute approximate surface area is 99.4 Å². The Morgan fingerprint density at radius 3 is 2.94 bits per heavy atom. The van der Waals surface area contributed by atoms with Gasteiger partial charge in [-0.2, -0.15) is 0 Å². The van der Waals surface area contributed by atoms with Crippen LogP contribution in [0.25, 0.3) is 0 Å². The number of nitrogens with two attached hydrogens (primary N) is 1. The van der Waals surface area contributed by atoms with Crippen LogP contribution >= 0.6 is 0 Å². The van der Waals surface area contributed by atoms with Crippen molar-refractivity contribution in [3.63, 3.8) is 0 Å². The van der Waals surface area contributed by atoms with Gasteiger partial charge in [-0.25, -0.2) is 9.67 Å².